The molecule has 1 aromatic rings. The minimum absolute atomic E-state index is 0.0488. The summed E-state index contributed by atoms with van der Waals surface area (Å²) in [5.41, 5.74) is 0.575. The molecule has 0 spiro atoms. The predicted octanol–water partition coefficient (Wildman–Crippen LogP) is 3.48. The van der Waals surface area contributed by atoms with Crippen molar-refractivity contribution in [1.82, 2.24) is 0 Å². The van der Waals surface area contributed by atoms with Crippen molar-refractivity contribution in [3.05, 3.63) is 47.6 Å². The van der Waals surface area contributed by atoms with E-state index in [0.29, 0.717) is 24.5 Å². The number of para-hydroxylation sites is 1. The van der Waals surface area contributed by atoms with Crippen LogP contribution in [0.15, 0.2) is 42.0 Å². The van der Waals surface area contributed by atoms with Crippen molar-refractivity contribution in [3.8, 4) is 5.75 Å². The zero-order valence-electron chi connectivity index (χ0n) is 17.8. The number of Topliss-reactive ketones (excluding diaryl/α,β-unsaturated/α-hetero) is 1. The molecule has 1 N–H and O–H groups in total. The summed E-state index contributed by atoms with van der Waals surface area (Å²) in [6, 6.07) is 7.50. The molecular formula is C24H30O6. The lowest BCUT2D eigenvalue weighted by molar-refractivity contribution is -0.149. The number of ether oxygens (including phenoxy) is 3. The van der Waals surface area contributed by atoms with Crippen LogP contribution < -0.4 is 4.74 Å². The number of carbonyl (C=O) groups is 2. The Balaban J connectivity index is 1.69. The third kappa shape index (κ3) is 5.58. The monoisotopic (exact) mass is 414 g/mol. The molecule has 162 valence electrons. The molecule has 3 rings (SSSR count). The molecule has 0 aromatic heterocycles. The number of hydrogen-bond acceptors (Lipinski definition) is 6. The highest BCUT2D eigenvalue weighted by molar-refractivity contribution is 5.96. The SMILES string of the molecule is CC1=CC(OC(=O)C=Cc2ccccc2OC2CCOCC2)C(O)C(C)(C)CC1=O. The van der Waals surface area contributed by atoms with Crippen molar-refractivity contribution in [1.29, 1.82) is 0 Å². The zero-order valence-corrected chi connectivity index (χ0v) is 17.8. The van der Waals surface area contributed by atoms with Gasteiger partial charge in [-0.15, -0.1) is 0 Å². The van der Waals surface area contributed by atoms with Gasteiger partial charge in [0.1, 0.15) is 24.1 Å². The Bertz CT molecular complexity index is 832. The maximum atomic E-state index is 12.5. The predicted molar refractivity (Wildman–Crippen MR) is 113 cm³/mol. The fraction of sp³-hybridized carbons (Fsp3) is 0.500. The van der Waals surface area contributed by atoms with E-state index in [9.17, 15) is 14.7 Å². The Hall–Kier alpha value is -2.44. The molecule has 1 aliphatic heterocycles. The van der Waals surface area contributed by atoms with Crippen molar-refractivity contribution in [2.45, 2.75) is 58.3 Å². The molecule has 2 atom stereocenters. The first-order valence-corrected chi connectivity index (χ1v) is 10.4. The molecule has 2 aliphatic rings. The van der Waals surface area contributed by atoms with Crippen molar-refractivity contribution >= 4 is 17.8 Å². The Labute approximate surface area is 177 Å². The van der Waals surface area contributed by atoms with Gasteiger partial charge in [0.15, 0.2) is 5.78 Å². The van der Waals surface area contributed by atoms with Gasteiger partial charge in [-0.2, -0.15) is 0 Å². The highest BCUT2D eigenvalue weighted by Crippen LogP contribution is 2.33. The summed E-state index contributed by atoms with van der Waals surface area (Å²) in [7, 11) is 0. The van der Waals surface area contributed by atoms with Crippen LogP contribution in [0.2, 0.25) is 0 Å². The Morgan fingerprint density at radius 1 is 1.23 bits per heavy atom. The van der Waals surface area contributed by atoms with Gasteiger partial charge in [0.05, 0.1) is 13.2 Å². The number of aliphatic hydroxyl groups is 1. The molecule has 0 amide bonds. The van der Waals surface area contributed by atoms with Gasteiger partial charge < -0.3 is 19.3 Å². The lowest BCUT2D eigenvalue weighted by atomic mass is 9.80. The number of esters is 1. The second kappa shape index (κ2) is 9.58. The summed E-state index contributed by atoms with van der Waals surface area (Å²) in [4.78, 5) is 24.6. The van der Waals surface area contributed by atoms with E-state index in [4.69, 9.17) is 14.2 Å². The van der Waals surface area contributed by atoms with Gasteiger partial charge in [-0.1, -0.05) is 32.0 Å². The van der Waals surface area contributed by atoms with Crippen molar-refractivity contribution in [2.75, 3.05) is 13.2 Å². The van der Waals surface area contributed by atoms with Gasteiger partial charge in [-0.25, -0.2) is 4.79 Å². The second-order valence-corrected chi connectivity index (χ2v) is 8.59. The van der Waals surface area contributed by atoms with E-state index in [1.165, 1.54) is 12.2 Å². The molecule has 0 saturated carbocycles. The molecule has 1 heterocycles. The maximum Gasteiger partial charge on any atom is 0.331 e. The largest absolute Gasteiger partial charge is 0.490 e. The normalized spacial score (nSPS) is 24.9. The molecule has 1 fully saturated rings. The highest BCUT2D eigenvalue weighted by atomic mass is 16.6. The molecule has 1 aliphatic carbocycles. The van der Waals surface area contributed by atoms with Gasteiger partial charge in [-0.05, 0) is 30.7 Å². The van der Waals surface area contributed by atoms with Crippen LogP contribution in [0.25, 0.3) is 6.08 Å². The summed E-state index contributed by atoms with van der Waals surface area (Å²) in [6.07, 6.45) is 4.62. The van der Waals surface area contributed by atoms with Crippen LogP contribution in [0.3, 0.4) is 0 Å². The quantitative estimate of drug-likeness (QED) is 0.587. The summed E-state index contributed by atoms with van der Waals surface area (Å²) in [5, 5.41) is 10.6. The average molecular weight is 414 g/mol. The minimum atomic E-state index is -0.972. The standard InChI is InChI=1S/C24H30O6/c1-16-14-21(23(27)24(2,3)15-19(16)25)30-22(26)9-8-17-6-4-5-7-20(17)29-18-10-12-28-13-11-18/h4-9,14,18,21,23,27H,10-13,15H2,1-3H3. The van der Waals surface area contributed by atoms with E-state index in [0.717, 1.165) is 18.4 Å². The first-order valence-electron chi connectivity index (χ1n) is 10.4. The maximum absolute atomic E-state index is 12.5. The third-order valence-electron chi connectivity index (χ3n) is 5.61. The van der Waals surface area contributed by atoms with Crippen LogP contribution >= 0.6 is 0 Å². The molecule has 1 saturated heterocycles. The van der Waals surface area contributed by atoms with E-state index in [-0.39, 0.29) is 18.3 Å². The van der Waals surface area contributed by atoms with Crippen molar-refractivity contribution in [2.24, 2.45) is 5.41 Å². The number of aliphatic hydroxyl groups excluding tert-OH is 1. The lowest BCUT2D eigenvalue weighted by Crippen LogP contribution is -2.40. The molecule has 0 bridgehead atoms. The number of rotatable bonds is 5. The van der Waals surface area contributed by atoms with E-state index in [1.54, 1.807) is 26.8 Å². The van der Waals surface area contributed by atoms with Crippen molar-refractivity contribution in [3.63, 3.8) is 0 Å². The molecule has 2 unspecified atom stereocenters. The summed E-state index contributed by atoms with van der Waals surface area (Å²) in [5.74, 6) is 0.0619. The van der Waals surface area contributed by atoms with E-state index in [2.05, 4.69) is 0 Å². The molecule has 6 heteroatoms. The van der Waals surface area contributed by atoms with Crippen LogP contribution in [0.1, 0.15) is 45.6 Å². The smallest absolute Gasteiger partial charge is 0.331 e. The van der Waals surface area contributed by atoms with Crippen LogP contribution in [-0.4, -0.2) is 48.4 Å². The Morgan fingerprint density at radius 2 is 1.93 bits per heavy atom. The fourth-order valence-corrected chi connectivity index (χ4v) is 3.66. The van der Waals surface area contributed by atoms with Gasteiger partial charge in [-0.3, -0.25) is 4.79 Å². The van der Waals surface area contributed by atoms with Crippen molar-refractivity contribution < 1.29 is 28.9 Å². The number of ketones is 1. The molecule has 6 nitrogen and oxygen atoms in total. The first-order chi connectivity index (χ1) is 14.3. The van der Waals surface area contributed by atoms with E-state index < -0.39 is 23.6 Å². The summed E-state index contributed by atoms with van der Waals surface area (Å²) >= 11 is 0. The van der Waals surface area contributed by atoms with Crippen LogP contribution in [-0.2, 0) is 19.1 Å². The number of hydrogen-bond donors (Lipinski definition) is 1. The first kappa shape index (κ1) is 22.2. The number of benzene rings is 1. The summed E-state index contributed by atoms with van der Waals surface area (Å²) < 4.78 is 16.9. The van der Waals surface area contributed by atoms with E-state index >= 15 is 0 Å². The Morgan fingerprint density at radius 3 is 2.67 bits per heavy atom. The molecular weight excluding hydrogens is 384 g/mol. The lowest BCUT2D eigenvalue weighted by Gasteiger charge is -2.31. The third-order valence-corrected chi connectivity index (χ3v) is 5.61. The van der Waals surface area contributed by atoms with Crippen LogP contribution in [0.4, 0.5) is 0 Å². The van der Waals surface area contributed by atoms with Gasteiger partial charge in [0.25, 0.3) is 0 Å². The van der Waals surface area contributed by atoms with Crippen LogP contribution in [0.5, 0.6) is 5.75 Å². The molecule has 1 aromatic carbocycles. The van der Waals surface area contributed by atoms with Gasteiger partial charge in [0.2, 0.25) is 0 Å². The van der Waals surface area contributed by atoms with Gasteiger partial charge >= 0.3 is 5.97 Å². The fourth-order valence-electron chi connectivity index (χ4n) is 3.66. The Kier molecular flexibility index (Phi) is 7.10. The molecule has 30 heavy (non-hydrogen) atoms. The minimum Gasteiger partial charge on any atom is -0.490 e. The zero-order chi connectivity index (χ0) is 21.7. The molecule has 0 radical (unpaired) electrons. The van der Waals surface area contributed by atoms with Crippen LogP contribution in [0, 0.1) is 5.41 Å². The van der Waals surface area contributed by atoms with E-state index in [1.807, 2.05) is 24.3 Å². The van der Waals surface area contributed by atoms with Gasteiger partial charge in [0, 0.05) is 36.3 Å². The number of allylic oxidation sites excluding steroid dienone is 1. The highest BCUT2D eigenvalue weighted by Gasteiger charge is 2.39. The number of carbonyl (C=O) groups excluding carboxylic acids is 2. The second-order valence-electron chi connectivity index (χ2n) is 8.59. The summed E-state index contributed by atoms with van der Waals surface area (Å²) in [6.45, 7) is 6.64. The average Bonchev–Trinajstić information content (AvgIpc) is 2.78. The topological polar surface area (TPSA) is 82.1 Å².